The molecule has 0 radical (unpaired) electrons. The molecule has 0 aliphatic heterocycles. The Bertz CT molecular complexity index is 748. The second-order valence-corrected chi connectivity index (χ2v) is 4.69. The lowest BCUT2D eigenvalue weighted by Gasteiger charge is -2.06. The van der Waals surface area contributed by atoms with E-state index in [1.165, 1.54) is 6.07 Å². The molecule has 0 aliphatic carbocycles. The number of benzene rings is 2. The van der Waals surface area contributed by atoms with Crippen molar-refractivity contribution in [3.05, 3.63) is 65.5 Å². The van der Waals surface area contributed by atoms with Crippen molar-refractivity contribution in [2.75, 3.05) is 0 Å². The number of aryl methyl sites for hydroxylation is 1. The zero-order chi connectivity index (χ0) is 14.1. The van der Waals surface area contributed by atoms with Gasteiger partial charge in [-0.2, -0.15) is 0 Å². The van der Waals surface area contributed by atoms with Crippen LogP contribution in [0.25, 0.3) is 11.0 Å². The highest BCUT2D eigenvalue weighted by Gasteiger charge is 2.13. The molecule has 0 spiro atoms. The van der Waals surface area contributed by atoms with Crippen molar-refractivity contribution in [2.24, 2.45) is 0 Å². The van der Waals surface area contributed by atoms with Gasteiger partial charge in [-0.15, -0.1) is 0 Å². The topological polar surface area (TPSA) is 17.8 Å². The van der Waals surface area contributed by atoms with Gasteiger partial charge in [-0.3, -0.25) is 0 Å². The molecule has 2 aromatic carbocycles. The third kappa shape index (κ3) is 2.18. The molecule has 102 valence electrons. The van der Waals surface area contributed by atoms with Gasteiger partial charge in [0.05, 0.1) is 11.0 Å². The van der Waals surface area contributed by atoms with Gasteiger partial charge in [0.25, 0.3) is 0 Å². The maximum atomic E-state index is 13.4. The summed E-state index contributed by atoms with van der Waals surface area (Å²) < 4.78 is 28.6. The Morgan fingerprint density at radius 1 is 1.05 bits per heavy atom. The fourth-order valence-corrected chi connectivity index (χ4v) is 2.44. The number of aromatic nitrogens is 2. The second kappa shape index (κ2) is 5.04. The minimum atomic E-state index is -0.857. The zero-order valence-corrected chi connectivity index (χ0v) is 11.1. The molecule has 0 N–H and O–H groups in total. The molecule has 1 aromatic heterocycles. The minimum absolute atomic E-state index is 0.497. The maximum Gasteiger partial charge on any atom is 0.161 e. The van der Waals surface area contributed by atoms with Crippen molar-refractivity contribution >= 4 is 11.0 Å². The van der Waals surface area contributed by atoms with E-state index in [1.54, 1.807) is 0 Å². The van der Waals surface area contributed by atoms with Crippen LogP contribution in [0.3, 0.4) is 0 Å². The van der Waals surface area contributed by atoms with Crippen LogP contribution in [0.2, 0.25) is 0 Å². The molecule has 0 atom stereocenters. The molecule has 0 unspecified atom stereocenters. The standard InChI is InChI=1S/C16H14F2N2/c1-2-20-15-10-13(18)12(17)9-14(15)19-16(20)8-11-6-4-3-5-7-11/h3-7,9-10H,2,8H2,1H3. The van der Waals surface area contributed by atoms with Crippen LogP contribution in [0.4, 0.5) is 8.78 Å². The van der Waals surface area contributed by atoms with E-state index < -0.39 is 11.6 Å². The minimum Gasteiger partial charge on any atom is -0.328 e. The van der Waals surface area contributed by atoms with Gasteiger partial charge in [-0.1, -0.05) is 30.3 Å². The van der Waals surface area contributed by atoms with E-state index in [4.69, 9.17) is 0 Å². The summed E-state index contributed by atoms with van der Waals surface area (Å²) in [6, 6.07) is 12.3. The molecule has 0 saturated heterocycles. The number of hydrogen-bond donors (Lipinski definition) is 0. The summed E-state index contributed by atoms with van der Waals surface area (Å²) >= 11 is 0. The highest BCUT2D eigenvalue weighted by molar-refractivity contribution is 5.76. The smallest absolute Gasteiger partial charge is 0.161 e. The molecule has 3 rings (SSSR count). The summed E-state index contributed by atoms with van der Waals surface area (Å²) in [5.41, 5.74) is 2.26. The van der Waals surface area contributed by atoms with E-state index in [2.05, 4.69) is 4.98 Å². The van der Waals surface area contributed by atoms with E-state index in [1.807, 2.05) is 41.8 Å². The van der Waals surface area contributed by atoms with Gasteiger partial charge >= 0.3 is 0 Å². The van der Waals surface area contributed by atoms with Gasteiger partial charge in [0, 0.05) is 25.1 Å². The SMILES string of the molecule is CCn1c(Cc2ccccc2)nc2cc(F)c(F)cc21. The molecule has 0 fully saturated rings. The Kier molecular flexibility index (Phi) is 3.22. The quantitative estimate of drug-likeness (QED) is 0.706. The fourth-order valence-electron chi connectivity index (χ4n) is 2.44. The first-order valence-corrected chi connectivity index (χ1v) is 6.57. The normalized spacial score (nSPS) is 11.2. The summed E-state index contributed by atoms with van der Waals surface area (Å²) in [7, 11) is 0. The molecule has 0 aliphatic rings. The van der Waals surface area contributed by atoms with Crippen LogP contribution in [-0.2, 0) is 13.0 Å². The van der Waals surface area contributed by atoms with Crippen LogP contribution >= 0.6 is 0 Å². The van der Waals surface area contributed by atoms with Crippen LogP contribution in [0, 0.1) is 11.6 Å². The predicted octanol–water partition coefficient (Wildman–Crippen LogP) is 3.93. The van der Waals surface area contributed by atoms with Crippen molar-refractivity contribution in [1.29, 1.82) is 0 Å². The Hall–Kier alpha value is -2.23. The Labute approximate surface area is 115 Å². The van der Waals surface area contributed by atoms with Crippen LogP contribution in [0.1, 0.15) is 18.3 Å². The summed E-state index contributed by atoms with van der Waals surface area (Å²) in [4.78, 5) is 4.44. The molecule has 2 nitrogen and oxygen atoms in total. The van der Waals surface area contributed by atoms with E-state index >= 15 is 0 Å². The number of imidazole rings is 1. The van der Waals surface area contributed by atoms with Crippen molar-refractivity contribution in [2.45, 2.75) is 19.9 Å². The lowest BCUT2D eigenvalue weighted by molar-refractivity contribution is 0.510. The Morgan fingerprint density at radius 3 is 2.45 bits per heavy atom. The Balaban J connectivity index is 2.11. The van der Waals surface area contributed by atoms with Crippen LogP contribution in [0.15, 0.2) is 42.5 Å². The molecule has 20 heavy (non-hydrogen) atoms. The van der Waals surface area contributed by atoms with E-state index in [-0.39, 0.29) is 0 Å². The summed E-state index contributed by atoms with van der Waals surface area (Å²) in [6.45, 7) is 2.64. The summed E-state index contributed by atoms with van der Waals surface area (Å²) in [5, 5.41) is 0. The molecule has 1 heterocycles. The first-order valence-electron chi connectivity index (χ1n) is 6.57. The Morgan fingerprint density at radius 2 is 1.75 bits per heavy atom. The number of nitrogens with zero attached hydrogens (tertiary/aromatic N) is 2. The first-order chi connectivity index (χ1) is 9.69. The monoisotopic (exact) mass is 272 g/mol. The molecular weight excluding hydrogens is 258 g/mol. The van der Waals surface area contributed by atoms with E-state index in [0.29, 0.717) is 24.0 Å². The van der Waals surface area contributed by atoms with Gasteiger partial charge < -0.3 is 4.57 Å². The number of halogens is 2. The predicted molar refractivity (Wildman–Crippen MR) is 74.6 cm³/mol. The maximum absolute atomic E-state index is 13.4. The van der Waals surface area contributed by atoms with Crippen LogP contribution < -0.4 is 0 Å². The van der Waals surface area contributed by atoms with E-state index in [9.17, 15) is 8.78 Å². The third-order valence-electron chi connectivity index (χ3n) is 3.39. The van der Waals surface area contributed by atoms with Crippen LogP contribution in [0.5, 0.6) is 0 Å². The first kappa shape index (κ1) is 12.8. The lowest BCUT2D eigenvalue weighted by Crippen LogP contribution is -2.02. The lowest BCUT2D eigenvalue weighted by atomic mass is 10.1. The van der Waals surface area contributed by atoms with Crippen LogP contribution in [-0.4, -0.2) is 9.55 Å². The van der Waals surface area contributed by atoms with Gasteiger partial charge in [-0.25, -0.2) is 13.8 Å². The molecular formula is C16H14F2N2. The molecule has 3 aromatic rings. The average Bonchev–Trinajstić information content (AvgIpc) is 2.77. The second-order valence-electron chi connectivity index (χ2n) is 4.69. The van der Waals surface area contributed by atoms with Crippen molar-refractivity contribution in [3.63, 3.8) is 0 Å². The molecule has 0 bridgehead atoms. The van der Waals surface area contributed by atoms with Crippen molar-refractivity contribution in [1.82, 2.24) is 9.55 Å². The third-order valence-corrected chi connectivity index (χ3v) is 3.39. The van der Waals surface area contributed by atoms with Crippen molar-refractivity contribution in [3.8, 4) is 0 Å². The van der Waals surface area contributed by atoms with Gasteiger partial charge in [-0.05, 0) is 12.5 Å². The summed E-state index contributed by atoms with van der Waals surface area (Å²) in [5.74, 6) is -0.874. The van der Waals surface area contributed by atoms with Crippen molar-refractivity contribution < 1.29 is 8.78 Å². The van der Waals surface area contributed by atoms with Gasteiger partial charge in [0.1, 0.15) is 5.82 Å². The zero-order valence-electron chi connectivity index (χ0n) is 11.1. The molecule has 4 heteroatoms. The number of fused-ring (bicyclic) bond motifs is 1. The van der Waals surface area contributed by atoms with E-state index in [0.717, 1.165) is 17.5 Å². The largest absolute Gasteiger partial charge is 0.328 e. The summed E-state index contributed by atoms with van der Waals surface area (Å²) in [6.07, 6.45) is 0.645. The van der Waals surface area contributed by atoms with Gasteiger partial charge in [0.15, 0.2) is 11.6 Å². The number of rotatable bonds is 3. The highest BCUT2D eigenvalue weighted by atomic mass is 19.2. The molecule has 0 saturated carbocycles. The molecule has 0 amide bonds. The van der Waals surface area contributed by atoms with Gasteiger partial charge in [0.2, 0.25) is 0 Å². The average molecular weight is 272 g/mol. The number of hydrogen-bond acceptors (Lipinski definition) is 1. The highest BCUT2D eigenvalue weighted by Crippen LogP contribution is 2.21. The fraction of sp³-hybridized carbons (Fsp3) is 0.188.